The second-order valence-electron chi connectivity index (χ2n) is 4.66. The minimum atomic E-state index is -0.104. The molecule has 5 nitrogen and oxygen atoms in total. The largest absolute Gasteiger partial charge is 0.496 e. The second-order valence-corrected chi connectivity index (χ2v) is 5.85. The highest BCUT2D eigenvalue weighted by Crippen LogP contribution is 2.34. The average Bonchev–Trinajstić information content (AvgIpc) is 2.80. The SMILES string of the molecule is CCCNC(c1cc(Cl)ccc1OC)c1c(Br)nnn1C. The highest BCUT2D eigenvalue weighted by atomic mass is 79.9. The topological polar surface area (TPSA) is 52.0 Å². The summed E-state index contributed by atoms with van der Waals surface area (Å²) in [4.78, 5) is 0. The number of benzene rings is 1. The summed E-state index contributed by atoms with van der Waals surface area (Å²) in [6.45, 7) is 2.98. The third-order valence-corrected chi connectivity index (χ3v) is 4.00. The van der Waals surface area contributed by atoms with E-state index in [0.29, 0.717) is 9.63 Å². The molecule has 0 aliphatic carbocycles. The van der Waals surface area contributed by atoms with Gasteiger partial charge in [-0.05, 0) is 47.1 Å². The zero-order valence-electron chi connectivity index (χ0n) is 12.2. The molecule has 114 valence electrons. The van der Waals surface area contributed by atoms with Gasteiger partial charge in [0.25, 0.3) is 0 Å². The summed E-state index contributed by atoms with van der Waals surface area (Å²) in [7, 11) is 3.52. The lowest BCUT2D eigenvalue weighted by atomic mass is 10.0. The van der Waals surface area contributed by atoms with Crippen LogP contribution in [0, 0.1) is 0 Å². The number of ether oxygens (including phenoxy) is 1. The van der Waals surface area contributed by atoms with Gasteiger partial charge >= 0.3 is 0 Å². The first-order chi connectivity index (χ1) is 10.1. The molecule has 0 amide bonds. The second kappa shape index (κ2) is 7.24. The van der Waals surface area contributed by atoms with Gasteiger partial charge < -0.3 is 10.1 Å². The Morgan fingerprint density at radius 1 is 1.48 bits per heavy atom. The third kappa shape index (κ3) is 3.56. The van der Waals surface area contributed by atoms with E-state index in [0.717, 1.165) is 30.0 Å². The first-order valence-electron chi connectivity index (χ1n) is 6.70. The maximum atomic E-state index is 6.16. The molecular weight excluding hydrogens is 356 g/mol. The van der Waals surface area contributed by atoms with Crippen LogP contribution in [0.2, 0.25) is 5.02 Å². The van der Waals surface area contributed by atoms with Crippen molar-refractivity contribution in [3.8, 4) is 5.75 Å². The predicted octanol–water partition coefficient (Wildman–Crippen LogP) is 3.33. The standard InChI is InChI=1S/C14H18BrClN4O/c1-4-7-17-12(13-14(15)18-19-20(13)2)10-8-9(16)5-6-11(10)21-3/h5-6,8,12,17H,4,7H2,1-3H3. The maximum absolute atomic E-state index is 6.16. The molecule has 0 aliphatic heterocycles. The summed E-state index contributed by atoms with van der Waals surface area (Å²) in [6, 6.07) is 5.49. The Morgan fingerprint density at radius 2 is 2.24 bits per heavy atom. The Bertz CT molecular complexity index is 598. The van der Waals surface area contributed by atoms with E-state index in [1.165, 1.54) is 0 Å². The predicted molar refractivity (Wildman–Crippen MR) is 86.8 cm³/mol. The van der Waals surface area contributed by atoms with Crippen molar-refractivity contribution in [1.82, 2.24) is 20.3 Å². The van der Waals surface area contributed by atoms with Crippen LogP contribution in [0.15, 0.2) is 22.8 Å². The lowest BCUT2D eigenvalue weighted by Gasteiger charge is -2.21. The molecule has 0 saturated heterocycles. The minimum Gasteiger partial charge on any atom is -0.496 e. The highest BCUT2D eigenvalue weighted by Gasteiger charge is 2.24. The zero-order valence-corrected chi connectivity index (χ0v) is 14.6. The van der Waals surface area contributed by atoms with E-state index < -0.39 is 0 Å². The van der Waals surface area contributed by atoms with Gasteiger partial charge in [0.05, 0.1) is 18.8 Å². The van der Waals surface area contributed by atoms with Gasteiger partial charge in [-0.25, -0.2) is 4.68 Å². The molecular formula is C14H18BrClN4O. The number of hydrogen-bond acceptors (Lipinski definition) is 4. The first-order valence-corrected chi connectivity index (χ1v) is 7.87. The molecule has 7 heteroatoms. The van der Waals surface area contributed by atoms with Crippen molar-refractivity contribution in [2.75, 3.05) is 13.7 Å². The molecule has 0 fully saturated rings. The number of rotatable bonds is 6. The third-order valence-electron chi connectivity index (χ3n) is 3.20. The fourth-order valence-electron chi connectivity index (χ4n) is 2.22. The summed E-state index contributed by atoms with van der Waals surface area (Å²) >= 11 is 9.62. The van der Waals surface area contributed by atoms with Gasteiger partial charge in [-0.2, -0.15) is 0 Å². The minimum absolute atomic E-state index is 0.104. The van der Waals surface area contributed by atoms with Crippen molar-refractivity contribution in [2.24, 2.45) is 7.05 Å². The Balaban J connectivity index is 2.53. The smallest absolute Gasteiger partial charge is 0.153 e. The molecule has 0 aliphatic rings. The van der Waals surface area contributed by atoms with Crippen molar-refractivity contribution < 1.29 is 4.74 Å². The van der Waals surface area contributed by atoms with Crippen LogP contribution in [0.3, 0.4) is 0 Å². The molecule has 0 radical (unpaired) electrons. The molecule has 1 unspecified atom stereocenters. The van der Waals surface area contributed by atoms with Crippen molar-refractivity contribution in [2.45, 2.75) is 19.4 Å². The Labute approximate surface area is 137 Å². The molecule has 1 N–H and O–H groups in total. The normalized spacial score (nSPS) is 12.4. The summed E-state index contributed by atoms with van der Waals surface area (Å²) in [5.74, 6) is 0.779. The maximum Gasteiger partial charge on any atom is 0.153 e. The molecule has 1 aromatic heterocycles. The van der Waals surface area contributed by atoms with Crippen molar-refractivity contribution in [3.63, 3.8) is 0 Å². The number of aromatic nitrogens is 3. The fraction of sp³-hybridized carbons (Fsp3) is 0.429. The van der Waals surface area contributed by atoms with Crippen molar-refractivity contribution in [1.29, 1.82) is 0 Å². The number of nitrogens with one attached hydrogen (secondary N) is 1. The molecule has 2 aromatic rings. The van der Waals surface area contributed by atoms with E-state index in [2.05, 4.69) is 38.5 Å². The molecule has 1 heterocycles. The number of hydrogen-bond donors (Lipinski definition) is 1. The summed E-state index contributed by atoms with van der Waals surface area (Å²) in [5, 5.41) is 12.3. The molecule has 0 bridgehead atoms. The number of aryl methyl sites for hydroxylation is 1. The van der Waals surface area contributed by atoms with E-state index in [9.17, 15) is 0 Å². The molecule has 1 aromatic carbocycles. The zero-order chi connectivity index (χ0) is 15.4. The van der Waals surface area contributed by atoms with Crippen LogP contribution < -0.4 is 10.1 Å². The highest BCUT2D eigenvalue weighted by molar-refractivity contribution is 9.10. The summed E-state index contributed by atoms with van der Waals surface area (Å²) < 4.78 is 7.93. The van der Waals surface area contributed by atoms with Crippen LogP contribution in [0.4, 0.5) is 0 Å². The fourth-order valence-corrected chi connectivity index (χ4v) is 2.96. The Kier molecular flexibility index (Phi) is 5.61. The Morgan fingerprint density at radius 3 is 2.81 bits per heavy atom. The molecule has 0 spiro atoms. The number of methoxy groups -OCH3 is 1. The van der Waals surface area contributed by atoms with Gasteiger partial charge in [-0.3, -0.25) is 0 Å². The van der Waals surface area contributed by atoms with Gasteiger partial charge in [-0.15, -0.1) is 5.10 Å². The number of nitrogens with zero attached hydrogens (tertiary/aromatic N) is 3. The van der Waals surface area contributed by atoms with Gasteiger partial charge in [0.15, 0.2) is 4.60 Å². The van der Waals surface area contributed by atoms with Gasteiger partial charge in [0.2, 0.25) is 0 Å². The first kappa shape index (κ1) is 16.3. The monoisotopic (exact) mass is 372 g/mol. The van der Waals surface area contributed by atoms with Crippen LogP contribution >= 0.6 is 27.5 Å². The van der Waals surface area contributed by atoms with E-state index in [1.807, 2.05) is 25.2 Å². The van der Waals surface area contributed by atoms with Gasteiger partial charge in [0, 0.05) is 17.6 Å². The summed E-state index contributed by atoms with van der Waals surface area (Å²) in [5.41, 5.74) is 1.90. The number of halogens is 2. The van der Waals surface area contributed by atoms with Crippen molar-refractivity contribution in [3.05, 3.63) is 39.1 Å². The van der Waals surface area contributed by atoms with Gasteiger partial charge in [0.1, 0.15) is 5.75 Å². The van der Waals surface area contributed by atoms with E-state index >= 15 is 0 Å². The van der Waals surface area contributed by atoms with Crippen LogP contribution in [0.25, 0.3) is 0 Å². The Hall–Kier alpha value is -1.11. The molecule has 0 saturated carbocycles. The summed E-state index contributed by atoms with van der Waals surface area (Å²) in [6.07, 6.45) is 1.02. The quantitative estimate of drug-likeness (QED) is 0.844. The van der Waals surface area contributed by atoms with Crippen molar-refractivity contribution >= 4 is 27.5 Å². The molecule has 1 atom stereocenters. The lowest BCUT2D eigenvalue weighted by molar-refractivity contribution is 0.402. The molecule has 2 rings (SSSR count). The van der Waals surface area contributed by atoms with Crippen LogP contribution in [-0.2, 0) is 7.05 Å². The lowest BCUT2D eigenvalue weighted by Crippen LogP contribution is -2.26. The van der Waals surface area contributed by atoms with Crippen LogP contribution in [-0.4, -0.2) is 28.6 Å². The van der Waals surface area contributed by atoms with Crippen LogP contribution in [0.1, 0.15) is 30.6 Å². The molecule has 21 heavy (non-hydrogen) atoms. The van der Waals surface area contributed by atoms with E-state index in [4.69, 9.17) is 16.3 Å². The van der Waals surface area contributed by atoms with Gasteiger partial charge in [-0.1, -0.05) is 23.7 Å². The van der Waals surface area contributed by atoms with Crippen LogP contribution in [0.5, 0.6) is 5.75 Å². The van der Waals surface area contributed by atoms with E-state index in [-0.39, 0.29) is 6.04 Å². The average molecular weight is 374 g/mol. The van der Waals surface area contributed by atoms with E-state index in [1.54, 1.807) is 11.8 Å².